The standard InChI is InChI=1S/C19H19N2/c1-5-15-16-10-6-7-11-17(16)21(19(15)14(2)3)18-12-8-9-13-20(18)4/h5-13H,1-2H2,3-4H3/q+1. The third-order valence-corrected chi connectivity index (χ3v) is 3.78. The van der Waals surface area contributed by atoms with Gasteiger partial charge in [-0.05, 0) is 30.7 Å². The molecular weight excluding hydrogens is 256 g/mol. The van der Waals surface area contributed by atoms with Crippen LogP contribution in [-0.4, -0.2) is 4.57 Å². The second-order valence-electron chi connectivity index (χ2n) is 5.27. The van der Waals surface area contributed by atoms with Gasteiger partial charge in [-0.3, -0.25) is 0 Å². The number of pyridine rings is 1. The number of rotatable bonds is 3. The molecule has 0 N–H and O–H groups in total. The van der Waals surface area contributed by atoms with Crippen LogP contribution in [0.2, 0.25) is 0 Å². The molecule has 2 heteroatoms. The molecule has 0 saturated heterocycles. The molecule has 21 heavy (non-hydrogen) atoms. The van der Waals surface area contributed by atoms with Crippen molar-refractivity contribution in [1.29, 1.82) is 0 Å². The van der Waals surface area contributed by atoms with Gasteiger partial charge in [-0.1, -0.05) is 37.4 Å². The number of para-hydroxylation sites is 1. The molecule has 0 amide bonds. The van der Waals surface area contributed by atoms with E-state index in [0.717, 1.165) is 22.6 Å². The molecule has 0 radical (unpaired) electrons. The Morgan fingerprint density at radius 1 is 1.14 bits per heavy atom. The summed E-state index contributed by atoms with van der Waals surface area (Å²) in [7, 11) is 2.06. The molecule has 0 aliphatic rings. The zero-order chi connectivity index (χ0) is 15.0. The van der Waals surface area contributed by atoms with Gasteiger partial charge in [0.15, 0.2) is 0 Å². The van der Waals surface area contributed by atoms with Gasteiger partial charge in [0.25, 0.3) is 5.82 Å². The molecule has 3 aromatic rings. The van der Waals surface area contributed by atoms with E-state index in [0.29, 0.717) is 0 Å². The zero-order valence-electron chi connectivity index (χ0n) is 12.5. The molecule has 0 bridgehead atoms. The van der Waals surface area contributed by atoms with E-state index in [4.69, 9.17) is 0 Å². The largest absolute Gasteiger partial charge is 0.286 e. The Balaban J connectivity index is 2.52. The van der Waals surface area contributed by atoms with Crippen molar-refractivity contribution in [3.8, 4) is 5.82 Å². The lowest BCUT2D eigenvalue weighted by molar-refractivity contribution is -0.665. The summed E-state index contributed by atoms with van der Waals surface area (Å²) in [5, 5.41) is 1.20. The minimum atomic E-state index is 1.03. The molecular formula is C19H19N2+. The molecule has 2 aromatic heterocycles. The van der Waals surface area contributed by atoms with Crippen LogP contribution in [0.3, 0.4) is 0 Å². The number of aryl methyl sites for hydroxylation is 1. The van der Waals surface area contributed by atoms with Gasteiger partial charge in [-0.2, -0.15) is 4.57 Å². The number of hydrogen-bond donors (Lipinski definition) is 0. The highest BCUT2D eigenvalue weighted by Gasteiger charge is 2.24. The van der Waals surface area contributed by atoms with Crippen LogP contribution >= 0.6 is 0 Å². The van der Waals surface area contributed by atoms with Crippen molar-refractivity contribution in [2.45, 2.75) is 6.92 Å². The van der Waals surface area contributed by atoms with Gasteiger partial charge in [0.05, 0.1) is 13.2 Å². The summed E-state index contributed by atoms with van der Waals surface area (Å²) in [5.41, 5.74) is 4.46. The van der Waals surface area contributed by atoms with Gasteiger partial charge in [0, 0.05) is 17.0 Å². The molecule has 0 atom stereocenters. The van der Waals surface area contributed by atoms with E-state index >= 15 is 0 Å². The summed E-state index contributed by atoms with van der Waals surface area (Å²) >= 11 is 0. The molecule has 1 aromatic carbocycles. The van der Waals surface area contributed by atoms with Crippen molar-refractivity contribution in [2.75, 3.05) is 0 Å². The average Bonchev–Trinajstić information content (AvgIpc) is 2.82. The van der Waals surface area contributed by atoms with Crippen LogP contribution in [0.1, 0.15) is 18.2 Å². The first kappa shape index (κ1) is 13.4. The number of hydrogen-bond acceptors (Lipinski definition) is 0. The molecule has 0 unspecified atom stereocenters. The first-order chi connectivity index (χ1) is 10.1. The van der Waals surface area contributed by atoms with E-state index in [1.807, 2.05) is 19.1 Å². The molecule has 2 heterocycles. The Hall–Kier alpha value is -2.61. The molecule has 2 nitrogen and oxygen atoms in total. The molecule has 104 valence electrons. The predicted octanol–water partition coefficient (Wildman–Crippen LogP) is 4.13. The number of nitrogens with zero attached hydrogens (tertiary/aromatic N) is 2. The number of aromatic nitrogens is 2. The van der Waals surface area contributed by atoms with Crippen LogP contribution in [0.25, 0.3) is 28.4 Å². The van der Waals surface area contributed by atoms with E-state index in [9.17, 15) is 0 Å². The first-order valence-electron chi connectivity index (χ1n) is 7.02. The van der Waals surface area contributed by atoms with Crippen molar-refractivity contribution in [3.63, 3.8) is 0 Å². The van der Waals surface area contributed by atoms with E-state index in [2.05, 4.69) is 71.9 Å². The van der Waals surface area contributed by atoms with Gasteiger partial charge >= 0.3 is 0 Å². The fraction of sp³-hybridized carbons (Fsp3) is 0.105. The van der Waals surface area contributed by atoms with Crippen molar-refractivity contribution in [2.24, 2.45) is 7.05 Å². The van der Waals surface area contributed by atoms with E-state index in [1.165, 1.54) is 10.9 Å². The first-order valence-corrected chi connectivity index (χ1v) is 7.02. The molecule has 0 aliphatic carbocycles. The van der Waals surface area contributed by atoms with Gasteiger partial charge in [-0.25, -0.2) is 4.57 Å². The second-order valence-corrected chi connectivity index (χ2v) is 5.27. The van der Waals surface area contributed by atoms with Crippen LogP contribution in [-0.2, 0) is 7.05 Å². The number of fused-ring (bicyclic) bond motifs is 1. The summed E-state index contributed by atoms with van der Waals surface area (Å²) < 4.78 is 4.38. The van der Waals surface area contributed by atoms with Gasteiger partial charge in [0.2, 0.25) is 0 Å². The highest BCUT2D eigenvalue weighted by molar-refractivity contribution is 5.96. The highest BCUT2D eigenvalue weighted by atomic mass is 15.1. The van der Waals surface area contributed by atoms with Crippen molar-refractivity contribution >= 4 is 22.6 Å². The van der Waals surface area contributed by atoms with E-state index in [1.54, 1.807) is 0 Å². The fourth-order valence-electron chi connectivity index (χ4n) is 2.88. The molecule has 0 aliphatic heterocycles. The van der Waals surface area contributed by atoms with E-state index < -0.39 is 0 Å². The number of allylic oxidation sites excluding steroid dienone is 1. The summed E-state index contributed by atoms with van der Waals surface area (Å²) in [4.78, 5) is 0. The van der Waals surface area contributed by atoms with Crippen LogP contribution in [0.4, 0.5) is 0 Å². The lowest BCUT2D eigenvalue weighted by atomic mass is 10.1. The Labute approximate surface area is 125 Å². The zero-order valence-corrected chi connectivity index (χ0v) is 12.5. The van der Waals surface area contributed by atoms with Gasteiger partial charge in [-0.15, -0.1) is 0 Å². The highest BCUT2D eigenvalue weighted by Crippen LogP contribution is 2.32. The maximum atomic E-state index is 4.17. The Morgan fingerprint density at radius 2 is 1.86 bits per heavy atom. The van der Waals surface area contributed by atoms with E-state index in [-0.39, 0.29) is 0 Å². The van der Waals surface area contributed by atoms with Crippen LogP contribution in [0.5, 0.6) is 0 Å². The Morgan fingerprint density at radius 3 is 2.52 bits per heavy atom. The monoisotopic (exact) mass is 275 g/mol. The third-order valence-electron chi connectivity index (χ3n) is 3.78. The van der Waals surface area contributed by atoms with Crippen LogP contribution < -0.4 is 4.57 Å². The SMILES string of the molecule is C=Cc1c(C(=C)C)n(-c2cccc[n+]2C)c2ccccc12. The minimum Gasteiger partial charge on any atom is -0.237 e. The predicted molar refractivity (Wildman–Crippen MR) is 89.3 cm³/mol. The summed E-state index contributed by atoms with van der Waals surface area (Å²) in [5.74, 6) is 1.11. The summed E-state index contributed by atoms with van der Waals surface area (Å²) in [6.45, 7) is 10.2. The van der Waals surface area contributed by atoms with Gasteiger partial charge in [0.1, 0.15) is 11.2 Å². The lowest BCUT2D eigenvalue weighted by Gasteiger charge is -2.06. The summed E-state index contributed by atoms with van der Waals surface area (Å²) in [6.07, 6.45) is 3.98. The average molecular weight is 275 g/mol. The topological polar surface area (TPSA) is 8.81 Å². The lowest BCUT2D eigenvalue weighted by Crippen LogP contribution is -2.33. The fourth-order valence-corrected chi connectivity index (χ4v) is 2.88. The van der Waals surface area contributed by atoms with Crippen LogP contribution in [0.15, 0.2) is 61.8 Å². The molecule has 0 fully saturated rings. The number of benzene rings is 1. The minimum absolute atomic E-state index is 1.03. The smallest absolute Gasteiger partial charge is 0.237 e. The molecule has 0 spiro atoms. The second kappa shape index (κ2) is 5.06. The maximum Gasteiger partial charge on any atom is 0.286 e. The molecule has 3 rings (SSSR count). The third kappa shape index (κ3) is 2.00. The van der Waals surface area contributed by atoms with Crippen LogP contribution in [0, 0.1) is 0 Å². The van der Waals surface area contributed by atoms with Crippen molar-refractivity contribution in [3.05, 3.63) is 73.1 Å². The maximum absolute atomic E-state index is 4.17. The normalized spacial score (nSPS) is 10.8. The van der Waals surface area contributed by atoms with Crippen molar-refractivity contribution in [1.82, 2.24) is 4.57 Å². The summed E-state index contributed by atoms with van der Waals surface area (Å²) in [6, 6.07) is 14.6. The Kier molecular flexibility index (Phi) is 3.22. The van der Waals surface area contributed by atoms with Crippen molar-refractivity contribution < 1.29 is 4.57 Å². The Bertz CT molecular complexity index is 853. The molecule has 0 saturated carbocycles. The quantitative estimate of drug-likeness (QED) is 0.635. The van der Waals surface area contributed by atoms with Gasteiger partial charge < -0.3 is 0 Å².